The Balaban J connectivity index is 2.25. The van der Waals surface area contributed by atoms with E-state index in [1.54, 1.807) is 23.0 Å². The van der Waals surface area contributed by atoms with Crippen molar-refractivity contribution >= 4 is 16.8 Å². The van der Waals surface area contributed by atoms with Gasteiger partial charge in [-0.15, -0.1) is 5.10 Å². The van der Waals surface area contributed by atoms with Crippen molar-refractivity contribution in [1.82, 2.24) is 9.78 Å². The molecule has 2 aromatic rings. The normalized spacial score (nSPS) is 10.6. The molecule has 1 aromatic heterocycles. The van der Waals surface area contributed by atoms with Crippen LogP contribution in [0.3, 0.4) is 0 Å². The van der Waals surface area contributed by atoms with E-state index in [4.69, 9.17) is 16.3 Å². The highest BCUT2D eigenvalue weighted by molar-refractivity contribution is 6.67. The van der Waals surface area contributed by atoms with Gasteiger partial charge in [-0.25, -0.2) is 0 Å². The number of carbonyl (C=O) groups is 1. The van der Waals surface area contributed by atoms with Crippen molar-refractivity contribution in [1.29, 1.82) is 0 Å². The van der Waals surface area contributed by atoms with Crippen LogP contribution in [0.25, 0.3) is 0 Å². The molecule has 0 spiro atoms. The molecule has 1 aromatic carbocycles. The van der Waals surface area contributed by atoms with E-state index in [-0.39, 0.29) is 0 Å². The fourth-order valence-corrected chi connectivity index (χ4v) is 2.29. The first-order chi connectivity index (χ1) is 9.61. The molecule has 2 rings (SSSR count). The van der Waals surface area contributed by atoms with Crippen molar-refractivity contribution in [3.05, 3.63) is 47.2 Å². The predicted molar refractivity (Wildman–Crippen MR) is 78.2 cm³/mol. The van der Waals surface area contributed by atoms with Crippen molar-refractivity contribution < 1.29 is 9.53 Å². The second-order valence-corrected chi connectivity index (χ2v) is 4.93. The van der Waals surface area contributed by atoms with Gasteiger partial charge in [-0.05, 0) is 29.7 Å². The fourth-order valence-electron chi connectivity index (χ4n) is 2.11. The third kappa shape index (κ3) is 3.39. The molecule has 0 aliphatic carbocycles. The maximum absolute atomic E-state index is 11.5. The van der Waals surface area contributed by atoms with Crippen LogP contribution < -0.4 is 4.74 Å². The summed E-state index contributed by atoms with van der Waals surface area (Å²) in [5.41, 5.74) is 2.45. The minimum Gasteiger partial charge on any atom is -0.472 e. The number of hydrogen-bond acceptors (Lipinski definition) is 3. The van der Waals surface area contributed by atoms with E-state index in [0.717, 1.165) is 24.0 Å². The Kier molecular flexibility index (Phi) is 4.79. The van der Waals surface area contributed by atoms with Crippen molar-refractivity contribution in [3.8, 4) is 5.88 Å². The fraction of sp³-hybridized carbons (Fsp3) is 0.333. The molecule has 0 fully saturated rings. The van der Waals surface area contributed by atoms with Crippen LogP contribution in [-0.4, -0.2) is 15.0 Å². The van der Waals surface area contributed by atoms with Crippen LogP contribution in [0, 0.1) is 0 Å². The molecule has 0 unspecified atom stereocenters. The Bertz CT molecular complexity index is 608. The molecule has 106 valence electrons. The SMILES string of the molecule is CCCc1cccc(C(=O)Cl)c1COc1ccn(C)n1. The molecule has 0 atom stereocenters. The first kappa shape index (κ1) is 14.6. The van der Waals surface area contributed by atoms with Gasteiger partial charge in [-0.1, -0.05) is 25.5 Å². The molecule has 0 aliphatic heterocycles. The second kappa shape index (κ2) is 6.57. The minimum atomic E-state index is -0.456. The molecule has 0 saturated carbocycles. The summed E-state index contributed by atoms with van der Waals surface area (Å²) in [4.78, 5) is 11.5. The van der Waals surface area contributed by atoms with Gasteiger partial charge < -0.3 is 4.74 Å². The lowest BCUT2D eigenvalue weighted by molar-refractivity contribution is 0.107. The molecule has 0 radical (unpaired) electrons. The van der Waals surface area contributed by atoms with Crippen LogP contribution in [0.5, 0.6) is 5.88 Å². The van der Waals surface area contributed by atoms with E-state index < -0.39 is 5.24 Å². The molecular weight excluding hydrogens is 276 g/mol. The van der Waals surface area contributed by atoms with Gasteiger partial charge in [0.1, 0.15) is 6.61 Å². The zero-order valence-electron chi connectivity index (χ0n) is 11.6. The second-order valence-electron chi connectivity index (χ2n) is 4.58. The molecule has 5 heteroatoms. The first-order valence-corrected chi connectivity index (χ1v) is 6.92. The van der Waals surface area contributed by atoms with Gasteiger partial charge in [0, 0.05) is 30.4 Å². The molecule has 20 heavy (non-hydrogen) atoms. The number of aryl methyl sites for hydroxylation is 2. The topological polar surface area (TPSA) is 44.1 Å². The summed E-state index contributed by atoms with van der Waals surface area (Å²) in [7, 11) is 1.83. The van der Waals surface area contributed by atoms with Crippen LogP contribution in [0.1, 0.15) is 34.8 Å². The molecule has 0 saturated heterocycles. The maximum atomic E-state index is 11.5. The van der Waals surface area contributed by atoms with Crippen LogP contribution in [0.15, 0.2) is 30.5 Å². The monoisotopic (exact) mass is 292 g/mol. The van der Waals surface area contributed by atoms with Crippen molar-refractivity contribution in [2.75, 3.05) is 0 Å². The van der Waals surface area contributed by atoms with Crippen LogP contribution >= 0.6 is 11.6 Å². The van der Waals surface area contributed by atoms with Gasteiger partial charge in [-0.2, -0.15) is 0 Å². The zero-order valence-corrected chi connectivity index (χ0v) is 12.4. The zero-order chi connectivity index (χ0) is 14.5. The maximum Gasteiger partial charge on any atom is 0.252 e. The van der Waals surface area contributed by atoms with Crippen molar-refractivity contribution in [2.24, 2.45) is 7.05 Å². The summed E-state index contributed by atoms with van der Waals surface area (Å²) in [6.45, 7) is 2.39. The first-order valence-electron chi connectivity index (χ1n) is 6.55. The summed E-state index contributed by atoms with van der Waals surface area (Å²) in [5.74, 6) is 0.534. The summed E-state index contributed by atoms with van der Waals surface area (Å²) in [5, 5.41) is 3.70. The molecule has 0 aliphatic rings. The number of benzene rings is 1. The molecule has 0 bridgehead atoms. The quantitative estimate of drug-likeness (QED) is 0.767. The van der Waals surface area contributed by atoms with Gasteiger partial charge in [0.15, 0.2) is 0 Å². The average molecular weight is 293 g/mol. The van der Waals surface area contributed by atoms with E-state index in [1.807, 2.05) is 19.2 Å². The Morgan fingerprint density at radius 2 is 2.20 bits per heavy atom. The number of hydrogen-bond donors (Lipinski definition) is 0. The van der Waals surface area contributed by atoms with Crippen LogP contribution in [-0.2, 0) is 20.1 Å². The highest BCUT2D eigenvalue weighted by Gasteiger charge is 2.14. The van der Waals surface area contributed by atoms with Crippen LogP contribution in [0.4, 0.5) is 0 Å². The standard InChI is InChI=1S/C15H17ClN2O2/c1-3-5-11-6-4-7-12(15(16)19)13(11)10-20-14-8-9-18(2)17-14/h4,6-9H,3,5,10H2,1-2H3. The lowest BCUT2D eigenvalue weighted by Gasteiger charge is -2.12. The van der Waals surface area contributed by atoms with E-state index >= 15 is 0 Å². The number of nitrogens with zero attached hydrogens (tertiary/aromatic N) is 2. The van der Waals surface area contributed by atoms with Gasteiger partial charge in [-0.3, -0.25) is 9.48 Å². The van der Waals surface area contributed by atoms with Crippen LogP contribution in [0.2, 0.25) is 0 Å². The summed E-state index contributed by atoms with van der Waals surface area (Å²) < 4.78 is 7.32. The summed E-state index contributed by atoms with van der Waals surface area (Å²) in [6, 6.07) is 7.37. The molecular formula is C15H17ClN2O2. The average Bonchev–Trinajstić information content (AvgIpc) is 2.83. The third-order valence-electron chi connectivity index (χ3n) is 3.06. The highest BCUT2D eigenvalue weighted by Crippen LogP contribution is 2.20. The van der Waals surface area contributed by atoms with Crippen molar-refractivity contribution in [2.45, 2.75) is 26.4 Å². The molecule has 0 amide bonds. The van der Waals surface area contributed by atoms with Gasteiger partial charge in [0.2, 0.25) is 5.88 Å². The smallest absolute Gasteiger partial charge is 0.252 e. The highest BCUT2D eigenvalue weighted by atomic mass is 35.5. The van der Waals surface area contributed by atoms with Gasteiger partial charge in [0.05, 0.1) is 0 Å². The Labute approximate surface area is 123 Å². The van der Waals surface area contributed by atoms with E-state index in [2.05, 4.69) is 12.0 Å². The van der Waals surface area contributed by atoms with E-state index in [1.165, 1.54) is 0 Å². The Morgan fingerprint density at radius 3 is 2.80 bits per heavy atom. The third-order valence-corrected chi connectivity index (χ3v) is 3.26. The summed E-state index contributed by atoms with van der Waals surface area (Å²) in [6.07, 6.45) is 3.69. The molecule has 1 heterocycles. The predicted octanol–water partition coefficient (Wildman–Crippen LogP) is 3.33. The van der Waals surface area contributed by atoms with Crippen molar-refractivity contribution in [3.63, 3.8) is 0 Å². The number of aromatic nitrogens is 2. The van der Waals surface area contributed by atoms with E-state index in [0.29, 0.717) is 18.1 Å². The number of rotatable bonds is 6. The Hall–Kier alpha value is -1.81. The lowest BCUT2D eigenvalue weighted by Crippen LogP contribution is -2.07. The lowest BCUT2D eigenvalue weighted by atomic mass is 9.99. The van der Waals surface area contributed by atoms with E-state index in [9.17, 15) is 4.79 Å². The largest absolute Gasteiger partial charge is 0.472 e. The van der Waals surface area contributed by atoms with Gasteiger partial charge >= 0.3 is 0 Å². The number of carbonyl (C=O) groups excluding carboxylic acids is 1. The Morgan fingerprint density at radius 1 is 1.40 bits per heavy atom. The van der Waals surface area contributed by atoms with Gasteiger partial charge in [0.25, 0.3) is 5.24 Å². The number of halogens is 1. The molecule has 0 N–H and O–H groups in total. The number of ether oxygens (including phenoxy) is 1. The molecule has 4 nitrogen and oxygen atoms in total. The minimum absolute atomic E-state index is 0.293. The summed E-state index contributed by atoms with van der Waals surface area (Å²) >= 11 is 5.65.